The molecule has 2 rings (SSSR count). The Morgan fingerprint density at radius 2 is 2.04 bits per heavy atom. The first-order valence-electron chi connectivity index (χ1n) is 7.73. The highest BCUT2D eigenvalue weighted by Crippen LogP contribution is 2.29. The molecule has 1 N–H and O–H groups in total. The molecule has 1 atom stereocenters. The van der Waals surface area contributed by atoms with Gasteiger partial charge in [-0.2, -0.15) is 0 Å². The molecule has 0 bridgehead atoms. The smallest absolute Gasteiger partial charge is 0.194 e. The lowest BCUT2D eigenvalue weighted by atomic mass is 10.2. The summed E-state index contributed by atoms with van der Waals surface area (Å²) in [5.74, 6) is 1.60. The van der Waals surface area contributed by atoms with Gasteiger partial charge in [-0.05, 0) is 12.1 Å². The first kappa shape index (κ1) is 19.1. The van der Waals surface area contributed by atoms with Crippen LogP contribution in [0.4, 0.5) is 0 Å². The summed E-state index contributed by atoms with van der Waals surface area (Å²) in [6, 6.07) is 7.09. The largest absolute Gasteiger partial charge is 0.487 e. The van der Waals surface area contributed by atoms with Gasteiger partial charge < -0.3 is 14.3 Å². The van der Waals surface area contributed by atoms with Crippen molar-refractivity contribution in [1.29, 1.82) is 0 Å². The molecule has 0 fully saturated rings. The Labute approximate surface area is 151 Å². The van der Waals surface area contributed by atoms with Crippen molar-refractivity contribution in [3.8, 4) is 5.75 Å². The Morgan fingerprint density at radius 3 is 2.67 bits per heavy atom. The number of carbonyl (C=O) groups excluding carboxylic acids is 1. The van der Waals surface area contributed by atoms with E-state index >= 15 is 0 Å². The molecule has 0 radical (unpaired) electrons. The number of furan rings is 1. The Morgan fingerprint density at radius 1 is 1.33 bits per heavy atom. The van der Waals surface area contributed by atoms with Gasteiger partial charge in [-0.3, -0.25) is 9.69 Å². The predicted octanol–water partition coefficient (Wildman–Crippen LogP) is 3.15. The van der Waals surface area contributed by atoms with E-state index in [4.69, 9.17) is 32.4 Å². The van der Waals surface area contributed by atoms with Gasteiger partial charge in [0.1, 0.15) is 12.7 Å². The molecule has 24 heavy (non-hydrogen) atoms. The quantitative estimate of drug-likeness (QED) is 0.511. The number of ketones is 1. The summed E-state index contributed by atoms with van der Waals surface area (Å²) in [4.78, 5) is 13.4. The molecular formula is C17H21Cl2NO4. The summed E-state index contributed by atoms with van der Waals surface area (Å²) in [6.45, 7) is 3.29. The summed E-state index contributed by atoms with van der Waals surface area (Å²) >= 11 is 11.5. The average Bonchev–Trinajstić information content (AvgIpc) is 2.98. The molecule has 132 valence electrons. The lowest BCUT2D eigenvalue weighted by Crippen LogP contribution is -2.37. The number of ether oxygens (including phenoxy) is 1. The van der Waals surface area contributed by atoms with Crippen molar-refractivity contribution in [3.63, 3.8) is 0 Å². The second kappa shape index (κ2) is 9.28. The van der Waals surface area contributed by atoms with Crippen molar-refractivity contribution in [2.75, 3.05) is 38.0 Å². The lowest BCUT2D eigenvalue weighted by molar-refractivity contribution is 0.0723. The van der Waals surface area contributed by atoms with Crippen LogP contribution in [0.2, 0.25) is 0 Å². The van der Waals surface area contributed by atoms with Gasteiger partial charge in [0.2, 0.25) is 0 Å². The van der Waals surface area contributed by atoms with Crippen LogP contribution < -0.4 is 4.74 Å². The third-order valence-corrected chi connectivity index (χ3v) is 3.89. The molecule has 5 nitrogen and oxygen atoms in total. The van der Waals surface area contributed by atoms with E-state index in [2.05, 4.69) is 0 Å². The maximum Gasteiger partial charge on any atom is 0.194 e. The second-order valence-electron chi connectivity index (χ2n) is 5.48. The van der Waals surface area contributed by atoms with Crippen molar-refractivity contribution in [1.82, 2.24) is 4.90 Å². The van der Waals surface area contributed by atoms with Gasteiger partial charge in [-0.15, -0.1) is 23.2 Å². The Balaban J connectivity index is 2.00. The molecule has 1 heterocycles. The third kappa shape index (κ3) is 5.11. The average molecular weight is 374 g/mol. The number of halogens is 2. The van der Waals surface area contributed by atoms with Crippen molar-refractivity contribution in [2.45, 2.75) is 13.0 Å². The molecule has 1 aromatic heterocycles. The Bertz CT molecular complexity index is 668. The van der Waals surface area contributed by atoms with Crippen molar-refractivity contribution in [2.24, 2.45) is 0 Å². The number of nitrogens with zero attached hydrogens (tertiary/aromatic N) is 1. The zero-order chi connectivity index (χ0) is 17.5. The van der Waals surface area contributed by atoms with E-state index in [0.29, 0.717) is 42.7 Å². The molecule has 0 saturated carbocycles. The number of benzene rings is 1. The van der Waals surface area contributed by atoms with Crippen LogP contribution in [0.3, 0.4) is 0 Å². The van der Waals surface area contributed by atoms with Crippen molar-refractivity contribution in [3.05, 3.63) is 30.0 Å². The van der Waals surface area contributed by atoms with Gasteiger partial charge in [-0.25, -0.2) is 0 Å². The summed E-state index contributed by atoms with van der Waals surface area (Å²) in [6.07, 6.45) is -0.686. The number of rotatable bonds is 10. The monoisotopic (exact) mass is 373 g/mol. The highest BCUT2D eigenvalue weighted by Gasteiger charge is 2.15. The highest BCUT2D eigenvalue weighted by atomic mass is 35.5. The van der Waals surface area contributed by atoms with Crippen LogP contribution >= 0.6 is 23.2 Å². The zero-order valence-electron chi connectivity index (χ0n) is 13.5. The number of fused-ring (bicyclic) bond motifs is 1. The normalized spacial score (nSPS) is 12.7. The topological polar surface area (TPSA) is 62.9 Å². The fourth-order valence-corrected chi connectivity index (χ4v) is 2.87. The molecule has 7 heteroatoms. The number of hydrogen-bond donors (Lipinski definition) is 1. The van der Waals surface area contributed by atoms with E-state index in [0.717, 1.165) is 5.39 Å². The fourth-order valence-electron chi connectivity index (χ4n) is 2.39. The number of aliphatic hydroxyl groups excluding tert-OH is 1. The van der Waals surface area contributed by atoms with Gasteiger partial charge >= 0.3 is 0 Å². The molecule has 0 spiro atoms. The molecular weight excluding hydrogens is 353 g/mol. The molecule has 0 amide bonds. The van der Waals surface area contributed by atoms with Gasteiger partial charge in [0.05, 0.1) is 0 Å². The minimum Gasteiger partial charge on any atom is -0.487 e. The highest BCUT2D eigenvalue weighted by molar-refractivity contribution is 6.18. The van der Waals surface area contributed by atoms with Crippen LogP contribution in [0.15, 0.2) is 28.7 Å². The van der Waals surface area contributed by atoms with Crippen molar-refractivity contribution >= 4 is 40.0 Å². The van der Waals surface area contributed by atoms with Crippen molar-refractivity contribution < 1.29 is 19.1 Å². The first-order valence-corrected chi connectivity index (χ1v) is 8.80. The maximum absolute atomic E-state index is 11.4. The summed E-state index contributed by atoms with van der Waals surface area (Å²) < 4.78 is 11.2. The van der Waals surface area contributed by atoms with Crippen LogP contribution in [0.5, 0.6) is 5.75 Å². The minimum absolute atomic E-state index is 0.107. The van der Waals surface area contributed by atoms with Crippen LogP contribution in [0.1, 0.15) is 17.5 Å². The fraction of sp³-hybridized carbons (Fsp3) is 0.471. The number of alkyl halides is 2. The number of Topliss-reactive ketones (excluding diaryl/α,β-unsaturated/α-hetero) is 1. The zero-order valence-corrected chi connectivity index (χ0v) is 15.0. The predicted molar refractivity (Wildman–Crippen MR) is 95.6 cm³/mol. The number of carbonyl (C=O) groups is 1. The number of hydrogen-bond acceptors (Lipinski definition) is 5. The van der Waals surface area contributed by atoms with E-state index in [1.54, 1.807) is 12.1 Å². The van der Waals surface area contributed by atoms with E-state index in [9.17, 15) is 9.90 Å². The van der Waals surface area contributed by atoms with Crippen LogP contribution in [-0.2, 0) is 0 Å². The lowest BCUT2D eigenvalue weighted by Gasteiger charge is -2.23. The standard InChI is InChI=1S/C17H21Cl2NO4/c1-12(21)16-9-13-3-2-4-15(17(13)24-16)23-11-14(22)10-20(7-5-18)8-6-19/h2-4,9,14,22H,5-8,10-11H2,1H3. The van der Waals surface area contributed by atoms with Gasteiger partial charge in [0.25, 0.3) is 0 Å². The van der Waals surface area contributed by atoms with Gasteiger partial charge in [0.15, 0.2) is 22.9 Å². The first-order chi connectivity index (χ1) is 11.5. The Hall–Kier alpha value is -1.27. The molecule has 1 unspecified atom stereocenters. The number of aliphatic hydroxyl groups is 1. The molecule has 1 aromatic carbocycles. The number of para-hydroxylation sites is 1. The minimum atomic E-state index is -0.686. The summed E-state index contributed by atoms with van der Waals surface area (Å²) in [7, 11) is 0. The molecule has 0 aliphatic carbocycles. The van der Waals surface area contributed by atoms with Crippen LogP contribution in [-0.4, -0.2) is 59.9 Å². The molecule has 2 aromatic rings. The van der Waals surface area contributed by atoms with Crippen LogP contribution in [0, 0.1) is 0 Å². The molecule has 0 aliphatic heterocycles. The van der Waals surface area contributed by atoms with E-state index < -0.39 is 6.10 Å². The SMILES string of the molecule is CC(=O)c1cc2cccc(OCC(O)CN(CCCl)CCCl)c2o1. The van der Waals surface area contributed by atoms with E-state index in [1.807, 2.05) is 17.0 Å². The molecule has 0 aliphatic rings. The van der Waals surface area contributed by atoms with Crippen LogP contribution in [0.25, 0.3) is 11.0 Å². The van der Waals surface area contributed by atoms with Gasteiger partial charge in [0, 0.05) is 43.7 Å². The molecule has 0 saturated heterocycles. The van der Waals surface area contributed by atoms with Gasteiger partial charge in [-0.1, -0.05) is 12.1 Å². The maximum atomic E-state index is 11.4. The third-order valence-electron chi connectivity index (χ3n) is 3.56. The summed E-state index contributed by atoms with van der Waals surface area (Å²) in [5, 5.41) is 11.0. The van der Waals surface area contributed by atoms with E-state index in [-0.39, 0.29) is 18.2 Å². The summed E-state index contributed by atoms with van der Waals surface area (Å²) in [5.41, 5.74) is 0.508. The Kier molecular flexibility index (Phi) is 7.37. The van der Waals surface area contributed by atoms with E-state index in [1.165, 1.54) is 6.92 Å². The second-order valence-corrected chi connectivity index (χ2v) is 6.24.